The molecule has 0 radical (unpaired) electrons. The van der Waals surface area contributed by atoms with Crippen LogP contribution in [0.5, 0.6) is 0 Å². The van der Waals surface area contributed by atoms with Gasteiger partial charge in [0.15, 0.2) is 5.69 Å². The lowest BCUT2D eigenvalue weighted by Crippen LogP contribution is -2.24. The number of nitrogens with one attached hydrogen (secondary N) is 1. The topological polar surface area (TPSA) is 93.5 Å². The van der Waals surface area contributed by atoms with Gasteiger partial charge in [-0.05, 0) is 30.7 Å². The van der Waals surface area contributed by atoms with Crippen LogP contribution in [-0.4, -0.2) is 40.0 Å². The van der Waals surface area contributed by atoms with E-state index in [0.29, 0.717) is 26.2 Å². The molecule has 0 spiro atoms. The first kappa shape index (κ1) is 16.7. The van der Waals surface area contributed by atoms with E-state index >= 15 is 0 Å². The van der Waals surface area contributed by atoms with E-state index in [1.54, 1.807) is 6.20 Å². The van der Waals surface area contributed by atoms with E-state index in [0.717, 1.165) is 11.3 Å². The van der Waals surface area contributed by atoms with Crippen molar-refractivity contribution in [2.24, 2.45) is 0 Å². The van der Waals surface area contributed by atoms with Crippen molar-refractivity contribution in [2.45, 2.75) is 19.9 Å². The molecule has 23 heavy (non-hydrogen) atoms. The highest BCUT2D eigenvalue weighted by Gasteiger charge is 2.08. The SMILES string of the molecule is CCOCCC(=O)NCc1cccc(-n2ccc(C(=O)O)n2)c1. The maximum absolute atomic E-state index is 11.7. The molecule has 0 fully saturated rings. The molecule has 7 heteroatoms. The lowest BCUT2D eigenvalue weighted by molar-refractivity contribution is -0.122. The molecule has 2 rings (SSSR count). The zero-order chi connectivity index (χ0) is 16.7. The number of carboxylic acid groups (broad SMARTS) is 1. The van der Waals surface area contributed by atoms with Gasteiger partial charge in [-0.3, -0.25) is 4.79 Å². The molecule has 7 nitrogen and oxygen atoms in total. The minimum absolute atomic E-state index is 0.0142. The van der Waals surface area contributed by atoms with Crippen molar-refractivity contribution in [1.29, 1.82) is 0 Å². The molecule has 0 saturated heterocycles. The summed E-state index contributed by atoms with van der Waals surface area (Å²) in [5.41, 5.74) is 1.62. The fourth-order valence-electron chi connectivity index (χ4n) is 1.99. The zero-order valence-corrected chi connectivity index (χ0v) is 12.9. The maximum Gasteiger partial charge on any atom is 0.356 e. The second-order valence-electron chi connectivity index (χ2n) is 4.84. The van der Waals surface area contributed by atoms with E-state index in [1.165, 1.54) is 10.7 Å². The third-order valence-corrected chi connectivity index (χ3v) is 3.15. The van der Waals surface area contributed by atoms with E-state index in [1.807, 2.05) is 31.2 Å². The maximum atomic E-state index is 11.7. The van der Waals surface area contributed by atoms with Crippen LogP contribution in [0.2, 0.25) is 0 Å². The third-order valence-electron chi connectivity index (χ3n) is 3.15. The van der Waals surface area contributed by atoms with Crippen LogP contribution in [0.25, 0.3) is 5.69 Å². The highest BCUT2D eigenvalue weighted by atomic mass is 16.5. The summed E-state index contributed by atoms with van der Waals surface area (Å²) < 4.78 is 6.62. The molecule has 0 aliphatic heterocycles. The van der Waals surface area contributed by atoms with Gasteiger partial charge < -0.3 is 15.2 Å². The molecule has 0 aliphatic carbocycles. The van der Waals surface area contributed by atoms with Gasteiger partial charge in [-0.2, -0.15) is 5.10 Å². The van der Waals surface area contributed by atoms with Gasteiger partial charge in [0.05, 0.1) is 12.3 Å². The molecule has 0 bridgehead atoms. The number of aromatic carboxylic acids is 1. The summed E-state index contributed by atoms with van der Waals surface area (Å²) in [6, 6.07) is 8.82. The number of carbonyl (C=O) groups is 2. The Morgan fingerprint density at radius 3 is 2.87 bits per heavy atom. The molecular formula is C16H19N3O4. The van der Waals surface area contributed by atoms with Gasteiger partial charge in [0.1, 0.15) is 0 Å². The Balaban J connectivity index is 1.96. The summed E-state index contributed by atoms with van der Waals surface area (Å²) in [5.74, 6) is -1.14. The molecule has 1 aromatic carbocycles. The Morgan fingerprint density at radius 1 is 1.35 bits per heavy atom. The standard InChI is InChI=1S/C16H19N3O4/c1-2-23-9-7-15(20)17-11-12-4-3-5-13(10-12)19-8-6-14(18-19)16(21)22/h3-6,8,10H,2,7,9,11H2,1H3,(H,17,20)(H,21,22). The number of amides is 1. The Kier molecular flexibility index (Phi) is 5.87. The van der Waals surface area contributed by atoms with Gasteiger partial charge in [-0.25, -0.2) is 9.48 Å². The lowest BCUT2D eigenvalue weighted by Gasteiger charge is -2.07. The Labute approximate surface area is 133 Å². The predicted molar refractivity (Wildman–Crippen MR) is 83.5 cm³/mol. The first-order chi connectivity index (χ1) is 11.1. The summed E-state index contributed by atoms with van der Waals surface area (Å²) in [4.78, 5) is 22.5. The Hall–Kier alpha value is -2.67. The normalized spacial score (nSPS) is 10.5. The number of nitrogens with zero attached hydrogens (tertiary/aromatic N) is 2. The van der Waals surface area contributed by atoms with Crippen molar-refractivity contribution in [3.63, 3.8) is 0 Å². The molecule has 1 heterocycles. The zero-order valence-electron chi connectivity index (χ0n) is 12.9. The van der Waals surface area contributed by atoms with Crippen molar-refractivity contribution >= 4 is 11.9 Å². The highest BCUT2D eigenvalue weighted by Crippen LogP contribution is 2.11. The number of carboxylic acids is 1. The first-order valence-corrected chi connectivity index (χ1v) is 7.33. The fourth-order valence-corrected chi connectivity index (χ4v) is 1.99. The average molecular weight is 317 g/mol. The molecule has 0 aliphatic rings. The molecule has 0 unspecified atom stereocenters. The van der Waals surface area contributed by atoms with E-state index in [4.69, 9.17) is 9.84 Å². The fraction of sp³-hybridized carbons (Fsp3) is 0.312. The van der Waals surface area contributed by atoms with E-state index in [9.17, 15) is 9.59 Å². The molecule has 2 N–H and O–H groups in total. The van der Waals surface area contributed by atoms with Crippen molar-refractivity contribution in [2.75, 3.05) is 13.2 Å². The van der Waals surface area contributed by atoms with E-state index in [2.05, 4.69) is 10.4 Å². The minimum Gasteiger partial charge on any atom is -0.476 e. The van der Waals surface area contributed by atoms with Gasteiger partial charge in [0, 0.05) is 25.8 Å². The molecule has 0 atom stereocenters. The molecular weight excluding hydrogens is 298 g/mol. The van der Waals surface area contributed by atoms with Crippen LogP contribution in [0, 0.1) is 0 Å². The van der Waals surface area contributed by atoms with Crippen molar-refractivity contribution in [1.82, 2.24) is 15.1 Å². The first-order valence-electron chi connectivity index (χ1n) is 7.33. The van der Waals surface area contributed by atoms with Crippen LogP contribution < -0.4 is 5.32 Å². The average Bonchev–Trinajstić information content (AvgIpc) is 3.04. The lowest BCUT2D eigenvalue weighted by atomic mass is 10.2. The number of carbonyl (C=O) groups excluding carboxylic acids is 1. The van der Waals surface area contributed by atoms with Crippen molar-refractivity contribution < 1.29 is 19.4 Å². The molecule has 1 aromatic heterocycles. The number of benzene rings is 1. The van der Waals surface area contributed by atoms with Crippen LogP contribution in [-0.2, 0) is 16.1 Å². The number of aromatic nitrogens is 2. The van der Waals surface area contributed by atoms with Crippen molar-refractivity contribution in [3.05, 3.63) is 47.8 Å². The summed E-state index contributed by atoms with van der Waals surface area (Å²) in [6.45, 7) is 3.28. The van der Waals surface area contributed by atoms with Crippen LogP contribution in [0.1, 0.15) is 29.4 Å². The smallest absolute Gasteiger partial charge is 0.356 e. The molecule has 2 aromatic rings. The van der Waals surface area contributed by atoms with Crippen LogP contribution in [0.4, 0.5) is 0 Å². The quantitative estimate of drug-likeness (QED) is 0.722. The predicted octanol–water partition coefficient (Wildman–Crippen LogP) is 1.61. The highest BCUT2D eigenvalue weighted by molar-refractivity contribution is 5.85. The summed E-state index contributed by atoms with van der Waals surface area (Å²) >= 11 is 0. The third kappa shape index (κ3) is 4.93. The van der Waals surface area contributed by atoms with Crippen LogP contribution >= 0.6 is 0 Å². The van der Waals surface area contributed by atoms with Gasteiger partial charge in [-0.1, -0.05) is 12.1 Å². The monoisotopic (exact) mass is 317 g/mol. The second kappa shape index (κ2) is 8.09. The summed E-state index contributed by atoms with van der Waals surface area (Å²) in [5, 5.41) is 15.7. The van der Waals surface area contributed by atoms with Gasteiger partial charge in [0.2, 0.25) is 5.91 Å². The minimum atomic E-state index is -1.07. The number of hydrogen-bond donors (Lipinski definition) is 2. The molecule has 1 amide bonds. The number of hydrogen-bond acceptors (Lipinski definition) is 4. The number of rotatable bonds is 8. The van der Waals surface area contributed by atoms with Gasteiger partial charge in [-0.15, -0.1) is 0 Å². The van der Waals surface area contributed by atoms with Crippen LogP contribution in [0.15, 0.2) is 36.5 Å². The Morgan fingerprint density at radius 2 is 2.17 bits per heavy atom. The van der Waals surface area contributed by atoms with Gasteiger partial charge in [0.25, 0.3) is 0 Å². The molecule has 122 valence electrons. The van der Waals surface area contributed by atoms with Crippen molar-refractivity contribution in [3.8, 4) is 5.69 Å². The number of ether oxygens (including phenoxy) is 1. The molecule has 0 saturated carbocycles. The van der Waals surface area contributed by atoms with Crippen LogP contribution in [0.3, 0.4) is 0 Å². The summed E-state index contributed by atoms with van der Waals surface area (Å²) in [7, 11) is 0. The Bertz CT molecular complexity index is 681. The van der Waals surface area contributed by atoms with Gasteiger partial charge >= 0.3 is 5.97 Å². The van der Waals surface area contributed by atoms with E-state index < -0.39 is 5.97 Å². The largest absolute Gasteiger partial charge is 0.476 e. The summed E-state index contributed by atoms with van der Waals surface area (Å²) in [6.07, 6.45) is 1.91. The van der Waals surface area contributed by atoms with E-state index in [-0.39, 0.29) is 11.6 Å². The second-order valence-corrected chi connectivity index (χ2v) is 4.84.